The predicted octanol–water partition coefficient (Wildman–Crippen LogP) is 3.51. The molecule has 3 aromatic rings. The number of hydrogen-bond acceptors (Lipinski definition) is 6. The van der Waals surface area contributed by atoms with Gasteiger partial charge in [0.15, 0.2) is 0 Å². The van der Waals surface area contributed by atoms with Crippen LogP contribution in [0.5, 0.6) is 0 Å². The van der Waals surface area contributed by atoms with Gasteiger partial charge in [-0.05, 0) is 31.3 Å². The average Bonchev–Trinajstić information content (AvgIpc) is 2.75. The van der Waals surface area contributed by atoms with Crippen LogP contribution in [0.2, 0.25) is 0 Å². The van der Waals surface area contributed by atoms with Crippen molar-refractivity contribution in [1.82, 2.24) is 14.9 Å². The van der Waals surface area contributed by atoms with Gasteiger partial charge in [-0.25, -0.2) is 4.98 Å². The number of likely N-dealkylation sites (N-methyl/N-ethyl adjacent to an activating group) is 1. The Labute approximate surface area is 165 Å². The molecule has 28 heavy (non-hydrogen) atoms. The van der Waals surface area contributed by atoms with Crippen molar-refractivity contribution >= 4 is 17.5 Å². The number of nitrogens with zero attached hydrogens (tertiary/aromatic N) is 5. The van der Waals surface area contributed by atoms with E-state index in [0.29, 0.717) is 5.56 Å². The van der Waals surface area contributed by atoms with Gasteiger partial charge in [-0.3, -0.25) is 0 Å². The number of rotatable bonds is 4. The molecule has 1 aromatic heterocycles. The molecule has 0 bridgehead atoms. The highest BCUT2D eigenvalue weighted by Crippen LogP contribution is 2.25. The van der Waals surface area contributed by atoms with Crippen LogP contribution >= 0.6 is 0 Å². The van der Waals surface area contributed by atoms with Gasteiger partial charge in [0, 0.05) is 43.5 Å². The highest BCUT2D eigenvalue weighted by Gasteiger charge is 2.18. The van der Waals surface area contributed by atoms with Crippen LogP contribution in [0.3, 0.4) is 0 Å². The summed E-state index contributed by atoms with van der Waals surface area (Å²) in [7, 11) is 2.14. The Morgan fingerprint density at radius 3 is 2.32 bits per heavy atom. The van der Waals surface area contributed by atoms with E-state index in [1.165, 1.54) is 0 Å². The maximum atomic E-state index is 8.98. The molecule has 2 heterocycles. The Morgan fingerprint density at radius 2 is 1.64 bits per heavy atom. The largest absolute Gasteiger partial charge is 0.340 e. The van der Waals surface area contributed by atoms with Crippen LogP contribution in [0.4, 0.5) is 17.5 Å². The molecule has 1 saturated heterocycles. The second kappa shape index (κ2) is 8.07. The quantitative estimate of drug-likeness (QED) is 0.758. The monoisotopic (exact) mass is 370 g/mol. The molecule has 0 unspecified atom stereocenters. The molecular weight excluding hydrogens is 348 g/mol. The molecule has 1 aliphatic rings. The van der Waals surface area contributed by atoms with E-state index in [1.807, 2.05) is 36.4 Å². The number of benzene rings is 2. The molecule has 0 aliphatic carbocycles. The molecule has 1 aliphatic heterocycles. The first-order valence-corrected chi connectivity index (χ1v) is 9.36. The Morgan fingerprint density at radius 1 is 0.929 bits per heavy atom. The lowest BCUT2D eigenvalue weighted by molar-refractivity contribution is 0.311. The van der Waals surface area contributed by atoms with Gasteiger partial charge in [0.1, 0.15) is 5.82 Å². The molecule has 0 spiro atoms. The van der Waals surface area contributed by atoms with Crippen molar-refractivity contribution in [3.8, 4) is 17.3 Å². The minimum absolute atomic E-state index is 0.635. The van der Waals surface area contributed by atoms with E-state index in [2.05, 4.69) is 40.4 Å². The zero-order valence-corrected chi connectivity index (χ0v) is 15.8. The summed E-state index contributed by atoms with van der Waals surface area (Å²) in [5, 5.41) is 12.3. The van der Waals surface area contributed by atoms with Crippen molar-refractivity contribution < 1.29 is 0 Å². The number of hydrogen-bond donors (Lipinski definition) is 1. The van der Waals surface area contributed by atoms with E-state index in [0.717, 1.165) is 54.9 Å². The van der Waals surface area contributed by atoms with Gasteiger partial charge < -0.3 is 15.1 Å². The highest BCUT2D eigenvalue weighted by atomic mass is 15.3. The number of aromatic nitrogens is 2. The van der Waals surface area contributed by atoms with Gasteiger partial charge in [0.25, 0.3) is 0 Å². The van der Waals surface area contributed by atoms with E-state index < -0.39 is 0 Å². The van der Waals surface area contributed by atoms with Crippen LogP contribution in [0.15, 0.2) is 60.7 Å². The molecule has 1 fully saturated rings. The fourth-order valence-corrected chi connectivity index (χ4v) is 3.18. The molecule has 0 radical (unpaired) electrons. The molecule has 140 valence electrons. The Bertz CT molecular complexity index is 970. The van der Waals surface area contributed by atoms with Crippen molar-refractivity contribution in [2.24, 2.45) is 0 Å². The summed E-state index contributed by atoms with van der Waals surface area (Å²) < 4.78 is 0. The second-order valence-corrected chi connectivity index (χ2v) is 6.91. The molecule has 2 aromatic carbocycles. The maximum Gasteiger partial charge on any atom is 0.227 e. The molecule has 0 saturated carbocycles. The zero-order chi connectivity index (χ0) is 19.3. The van der Waals surface area contributed by atoms with Crippen molar-refractivity contribution in [3.63, 3.8) is 0 Å². The number of nitriles is 1. The van der Waals surface area contributed by atoms with E-state index >= 15 is 0 Å². The minimum Gasteiger partial charge on any atom is -0.340 e. The van der Waals surface area contributed by atoms with Gasteiger partial charge in [-0.1, -0.05) is 30.3 Å². The van der Waals surface area contributed by atoms with Gasteiger partial charge in [0.05, 0.1) is 17.3 Å². The number of nitrogens with one attached hydrogen (secondary N) is 1. The van der Waals surface area contributed by atoms with Crippen molar-refractivity contribution in [1.29, 1.82) is 5.26 Å². The summed E-state index contributed by atoms with van der Waals surface area (Å²) in [4.78, 5) is 14.1. The fourth-order valence-electron chi connectivity index (χ4n) is 3.18. The second-order valence-electron chi connectivity index (χ2n) is 6.91. The summed E-state index contributed by atoms with van der Waals surface area (Å²) in [5.41, 5.74) is 3.47. The number of piperazine rings is 1. The molecule has 6 nitrogen and oxygen atoms in total. The molecule has 6 heteroatoms. The smallest absolute Gasteiger partial charge is 0.227 e. The topological polar surface area (TPSA) is 68.1 Å². The Kier molecular flexibility index (Phi) is 5.18. The first-order valence-electron chi connectivity index (χ1n) is 9.36. The van der Waals surface area contributed by atoms with Crippen LogP contribution in [-0.2, 0) is 0 Å². The van der Waals surface area contributed by atoms with Gasteiger partial charge in [0.2, 0.25) is 5.95 Å². The average molecular weight is 370 g/mol. The zero-order valence-electron chi connectivity index (χ0n) is 15.8. The van der Waals surface area contributed by atoms with Crippen molar-refractivity contribution in [3.05, 3.63) is 66.2 Å². The molecule has 0 atom stereocenters. The predicted molar refractivity (Wildman–Crippen MR) is 112 cm³/mol. The van der Waals surface area contributed by atoms with Crippen LogP contribution in [0.25, 0.3) is 11.3 Å². The lowest BCUT2D eigenvalue weighted by atomic mass is 10.1. The summed E-state index contributed by atoms with van der Waals surface area (Å²) in [5.74, 6) is 1.48. The maximum absolute atomic E-state index is 8.98. The fraction of sp³-hybridized carbons (Fsp3) is 0.227. The third kappa shape index (κ3) is 4.11. The van der Waals surface area contributed by atoms with Crippen LogP contribution in [-0.4, -0.2) is 48.1 Å². The SMILES string of the molecule is CN1CCN(c2nc(Nc3ccc(C#N)cc3)cc(-c3ccccc3)n2)CC1. The lowest BCUT2D eigenvalue weighted by Gasteiger charge is -2.32. The van der Waals surface area contributed by atoms with Crippen molar-refractivity contribution in [2.75, 3.05) is 43.4 Å². The normalized spacial score (nSPS) is 14.5. The van der Waals surface area contributed by atoms with E-state index in [9.17, 15) is 0 Å². The lowest BCUT2D eigenvalue weighted by Crippen LogP contribution is -2.45. The molecule has 1 N–H and O–H groups in total. The van der Waals surface area contributed by atoms with Crippen LogP contribution in [0.1, 0.15) is 5.56 Å². The summed E-state index contributed by atoms with van der Waals surface area (Å²) >= 11 is 0. The summed E-state index contributed by atoms with van der Waals surface area (Å²) in [6.45, 7) is 3.81. The van der Waals surface area contributed by atoms with Gasteiger partial charge in [-0.2, -0.15) is 10.2 Å². The standard InChI is InChI=1S/C22H22N6/c1-27-11-13-28(14-12-27)22-25-20(18-5-3-2-4-6-18)15-21(26-22)24-19-9-7-17(16-23)8-10-19/h2-10,15H,11-14H2,1H3,(H,24,25,26). The third-order valence-electron chi connectivity index (χ3n) is 4.86. The first kappa shape index (κ1) is 18.0. The first-order chi connectivity index (χ1) is 13.7. The summed E-state index contributed by atoms with van der Waals surface area (Å²) in [6, 6.07) is 21.6. The van der Waals surface area contributed by atoms with Crippen LogP contribution in [0, 0.1) is 11.3 Å². The third-order valence-corrected chi connectivity index (χ3v) is 4.86. The van der Waals surface area contributed by atoms with E-state index in [4.69, 9.17) is 15.2 Å². The van der Waals surface area contributed by atoms with E-state index in [-0.39, 0.29) is 0 Å². The molecule has 4 rings (SSSR count). The Hall–Kier alpha value is -3.43. The van der Waals surface area contributed by atoms with Crippen molar-refractivity contribution in [2.45, 2.75) is 0 Å². The molecular formula is C22H22N6. The summed E-state index contributed by atoms with van der Waals surface area (Å²) in [6.07, 6.45) is 0. The minimum atomic E-state index is 0.635. The van der Waals surface area contributed by atoms with E-state index in [1.54, 1.807) is 12.1 Å². The van der Waals surface area contributed by atoms with Gasteiger partial charge >= 0.3 is 0 Å². The highest BCUT2D eigenvalue weighted by molar-refractivity contribution is 5.67. The van der Waals surface area contributed by atoms with Crippen LogP contribution < -0.4 is 10.2 Å². The molecule has 0 amide bonds. The Balaban J connectivity index is 1.68. The number of anilines is 3. The van der Waals surface area contributed by atoms with Gasteiger partial charge in [-0.15, -0.1) is 0 Å².